The highest BCUT2D eigenvalue weighted by molar-refractivity contribution is 7.89. The highest BCUT2D eigenvalue weighted by atomic mass is 32.2. The minimum Gasteiger partial charge on any atom is -0.495 e. The first-order chi connectivity index (χ1) is 16.3. The van der Waals surface area contributed by atoms with Gasteiger partial charge in [0.1, 0.15) is 10.6 Å². The van der Waals surface area contributed by atoms with E-state index in [0.29, 0.717) is 31.9 Å². The van der Waals surface area contributed by atoms with Gasteiger partial charge >= 0.3 is 0 Å². The summed E-state index contributed by atoms with van der Waals surface area (Å²) in [6, 6.07) is 13.0. The molecule has 2 aromatic rings. The maximum atomic E-state index is 13.2. The van der Waals surface area contributed by atoms with E-state index in [9.17, 15) is 13.2 Å². The molecule has 1 N–H and O–H groups in total. The van der Waals surface area contributed by atoms with Gasteiger partial charge < -0.3 is 14.8 Å². The van der Waals surface area contributed by atoms with Gasteiger partial charge in [-0.3, -0.25) is 4.79 Å². The molecule has 1 unspecified atom stereocenters. The molecule has 0 aliphatic carbocycles. The Bertz CT molecular complexity index is 1100. The van der Waals surface area contributed by atoms with Gasteiger partial charge in [-0.25, -0.2) is 8.42 Å². The molecule has 0 aromatic heterocycles. The van der Waals surface area contributed by atoms with Crippen LogP contribution in [0.3, 0.4) is 0 Å². The number of nitrogens with zero attached hydrogens (tertiary/aromatic N) is 1. The predicted octanol–water partition coefficient (Wildman–Crippen LogP) is 3.81. The van der Waals surface area contributed by atoms with E-state index in [1.165, 1.54) is 29.1 Å². The Morgan fingerprint density at radius 1 is 1.15 bits per heavy atom. The van der Waals surface area contributed by atoms with Crippen molar-refractivity contribution in [2.45, 2.75) is 38.1 Å². The number of hydrogen-bond acceptors (Lipinski definition) is 5. The standard InChI is InChI=1S/C26H34N2O5S/c1-5-20-6-10-22(11-7-20)26(19(2)3)27-25(29)13-9-21-8-12-23(32-4)24(18-21)34(30,31)28-14-16-33-17-15-28/h6-13,18-19,26H,5,14-17H2,1-4H3,(H,27,29)/b13-9+. The van der Waals surface area contributed by atoms with E-state index < -0.39 is 10.0 Å². The Labute approximate surface area is 202 Å². The van der Waals surface area contributed by atoms with Crippen LogP contribution >= 0.6 is 0 Å². The zero-order chi connectivity index (χ0) is 24.7. The summed E-state index contributed by atoms with van der Waals surface area (Å²) in [4.78, 5) is 12.8. The van der Waals surface area contributed by atoms with E-state index >= 15 is 0 Å². The first-order valence-electron chi connectivity index (χ1n) is 11.6. The third-order valence-corrected chi connectivity index (χ3v) is 7.83. The van der Waals surface area contributed by atoms with Crippen molar-refractivity contribution in [3.63, 3.8) is 0 Å². The average Bonchev–Trinajstić information content (AvgIpc) is 2.86. The lowest BCUT2D eigenvalue weighted by atomic mass is 9.95. The molecule has 2 aromatic carbocycles. The molecule has 184 valence electrons. The van der Waals surface area contributed by atoms with Crippen LogP contribution in [0.4, 0.5) is 0 Å². The summed E-state index contributed by atoms with van der Waals surface area (Å²) >= 11 is 0. The number of morpholine rings is 1. The summed E-state index contributed by atoms with van der Waals surface area (Å²) in [6.45, 7) is 7.55. The lowest BCUT2D eigenvalue weighted by Gasteiger charge is -2.26. The number of aryl methyl sites for hydroxylation is 1. The van der Waals surface area contributed by atoms with Crippen molar-refractivity contribution in [2.75, 3.05) is 33.4 Å². The lowest BCUT2D eigenvalue weighted by Crippen LogP contribution is -2.40. The first-order valence-corrected chi connectivity index (χ1v) is 13.0. The van der Waals surface area contributed by atoms with Crippen molar-refractivity contribution in [2.24, 2.45) is 5.92 Å². The molecule has 7 nitrogen and oxygen atoms in total. The van der Waals surface area contributed by atoms with Gasteiger partial charge in [0.05, 0.1) is 26.4 Å². The van der Waals surface area contributed by atoms with Gasteiger partial charge in [-0.15, -0.1) is 0 Å². The van der Waals surface area contributed by atoms with Crippen LogP contribution in [-0.4, -0.2) is 52.0 Å². The molecule has 34 heavy (non-hydrogen) atoms. The number of benzene rings is 2. The van der Waals surface area contributed by atoms with Gasteiger partial charge in [-0.2, -0.15) is 4.31 Å². The molecule has 0 radical (unpaired) electrons. The number of ether oxygens (including phenoxy) is 2. The number of methoxy groups -OCH3 is 1. The van der Waals surface area contributed by atoms with E-state index in [4.69, 9.17) is 9.47 Å². The number of hydrogen-bond donors (Lipinski definition) is 1. The number of rotatable bonds is 9. The van der Waals surface area contributed by atoms with Crippen LogP contribution in [0.15, 0.2) is 53.4 Å². The molecule has 3 rings (SSSR count). The van der Waals surface area contributed by atoms with Crippen LogP contribution in [0.25, 0.3) is 6.08 Å². The molecule has 1 aliphatic rings. The maximum absolute atomic E-state index is 13.2. The molecule has 1 aliphatic heterocycles. The summed E-state index contributed by atoms with van der Waals surface area (Å²) in [5.41, 5.74) is 2.90. The molecule has 0 saturated carbocycles. The van der Waals surface area contributed by atoms with Crippen molar-refractivity contribution in [3.8, 4) is 5.75 Å². The lowest BCUT2D eigenvalue weighted by molar-refractivity contribution is -0.117. The highest BCUT2D eigenvalue weighted by Crippen LogP contribution is 2.29. The predicted molar refractivity (Wildman–Crippen MR) is 133 cm³/mol. The number of nitrogens with one attached hydrogen (secondary N) is 1. The number of carbonyl (C=O) groups excluding carboxylic acids is 1. The molecule has 1 amide bonds. The first kappa shape index (κ1) is 25.9. The summed E-state index contributed by atoms with van der Waals surface area (Å²) in [5.74, 6) is 0.228. The van der Waals surface area contributed by atoms with Gasteiger partial charge in [0, 0.05) is 19.2 Å². The Morgan fingerprint density at radius 2 is 1.82 bits per heavy atom. The zero-order valence-corrected chi connectivity index (χ0v) is 21.1. The third kappa shape index (κ3) is 6.25. The van der Waals surface area contributed by atoms with Gasteiger partial charge in [0.2, 0.25) is 15.9 Å². The minimum atomic E-state index is -3.74. The molecule has 1 atom stereocenters. The number of amides is 1. The zero-order valence-electron chi connectivity index (χ0n) is 20.3. The molecule has 0 bridgehead atoms. The third-order valence-electron chi connectivity index (χ3n) is 5.91. The maximum Gasteiger partial charge on any atom is 0.246 e. The van der Waals surface area contributed by atoms with Gasteiger partial charge in [0.25, 0.3) is 0 Å². The van der Waals surface area contributed by atoms with Crippen LogP contribution in [0.2, 0.25) is 0 Å². The topological polar surface area (TPSA) is 84.9 Å². The average molecular weight is 487 g/mol. The van der Waals surface area contributed by atoms with Crippen molar-refractivity contribution in [1.82, 2.24) is 9.62 Å². The number of carbonyl (C=O) groups is 1. The smallest absolute Gasteiger partial charge is 0.246 e. The molecule has 1 fully saturated rings. The Kier molecular flexibility index (Phi) is 8.88. The van der Waals surface area contributed by atoms with Crippen LogP contribution in [0.5, 0.6) is 5.75 Å². The Hall–Kier alpha value is -2.68. The van der Waals surface area contributed by atoms with E-state index in [1.807, 2.05) is 0 Å². The highest BCUT2D eigenvalue weighted by Gasteiger charge is 2.29. The van der Waals surface area contributed by atoms with Crippen LogP contribution in [0, 0.1) is 5.92 Å². The van der Waals surface area contributed by atoms with Gasteiger partial charge in [-0.1, -0.05) is 51.1 Å². The molecular weight excluding hydrogens is 452 g/mol. The second kappa shape index (κ2) is 11.6. The van der Waals surface area contributed by atoms with E-state index in [-0.39, 0.29) is 28.5 Å². The SMILES string of the molecule is CCc1ccc(C(NC(=O)/C=C/c2ccc(OC)c(S(=O)(=O)N3CCOCC3)c2)C(C)C)cc1. The van der Waals surface area contributed by atoms with Gasteiger partial charge in [-0.05, 0) is 47.2 Å². The fourth-order valence-corrected chi connectivity index (χ4v) is 5.49. The van der Waals surface area contributed by atoms with E-state index in [1.54, 1.807) is 18.2 Å². The normalized spacial score (nSPS) is 16.0. The quantitative estimate of drug-likeness (QED) is 0.545. The van der Waals surface area contributed by atoms with Crippen molar-refractivity contribution >= 4 is 22.0 Å². The largest absolute Gasteiger partial charge is 0.495 e. The van der Waals surface area contributed by atoms with E-state index in [2.05, 4.69) is 50.4 Å². The Balaban J connectivity index is 1.78. The fourth-order valence-electron chi connectivity index (χ4n) is 3.89. The van der Waals surface area contributed by atoms with Crippen molar-refractivity contribution in [1.29, 1.82) is 0 Å². The van der Waals surface area contributed by atoms with Crippen LogP contribution in [0.1, 0.15) is 43.5 Å². The second-order valence-electron chi connectivity index (χ2n) is 8.59. The van der Waals surface area contributed by atoms with Gasteiger partial charge in [0.15, 0.2) is 0 Å². The second-order valence-corrected chi connectivity index (χ2v) is 10.5. The summed E-state index contributed by atoms with van der Waals surface area (Å²) in [5, 5.41) is 3.07. The summed E-state index contributed by atoms with van der Waals surface area (Å²) in [6.07, 6.45) is 4.01. The summed E-state index contributed by atoms with van der Waals surface area (Å²) in [7, 11) is -2.30. The monoisotopic (exact) mass is 486 g/mol. The molecule has 1 heterocycles. The van der Waals surface area contributed by atoms with Crippen LogP contribution in [-0.2, 0) is 26.0 Å². The van der Waals surface area contributed by atoms with Crippen molar-refractivity contribution < 1.29 is 22.7 Å². The molecule has 8 heteroatoms. The fraction of sp³-hybridized carbons (Fsp3) is 0.423. The minimum absolute atomic E-state index is 0.0792. The summed E-state index contributed by atoms with van der Waals surface area (Å²) < 4.78 is 38.3. The molecular formula is C26H34N2O5S. The Morgan fingerprint density at radius 3 is 2.41 bits per heavy atom. The van der Waals surface area contributed by atoms with Crippen LogP contribution < -0.4 is 10.1 Å². The molecule has 0 spiro atoms. The number of sulfonamides is 1. The van der Waals surface area contributed by atoms with E-state index in [0.717, 1.165) is 12.0 Å². The van der Waals surface area contributed by atoms with Crippen molar-refractivity contribution in [3.05, 3.63) is 65.2 Å². The molecule has 1 saturated heterocycles.